The van der Waals surface area contributed by atoms with Crippen molar-refractivity contribution in [3.05, 3.63) is 11.2 Å². The highest BCUT2D eigenvalue weighted by Crippen LogP contribution is 2.26. The minimum atomic E-state index is 0.0179. The van der Waals surface area contributed by atoms with Gasteiger partial charge in [-0.15, -0.1) is 0 Å². The minimum Gasteiger partial charge on any atom is -0.308 e. The summed E-state index contributed by atoms with van der Waals surface area (Å²) in [6.45, 7) is 0. The molecule has 1 aromatic rings. The Labute approximate surface area is 91.0 Å². The number of nitrogens with zero attached hydrogens (tertiary/aromatic N) is 2. The summed E-state index contributed by atoms with van der Waals surface area (Å²) >= 11 is 7.63. The van der Waals surface area contributed by atoms with Gasteiger partial charge in [0.05, 0.1) is 5.92 Å². The summed E-state index contributed by atoms with van der Waals surface area (Å²) < 4.78 is 1.58. The van der Waals surface area contributed by atoms with Crippen molar-refractivity contribution in [3.63, 3.8) is 0 Å². The van der Waals surface area contributed by atoms with Crippen LogP contribution in [0, 0.1) is 5.92 Å². The molecular weight excluding hydrogens is 222 g/mol. The van der Waals surface area contributed by atoms with Crippen molar-refractivity contribution in [2.24, 2.45) is 13.0 Å². The second kappa shape index (κ2) is 3.82. The summed E-state index contributed by atoms with van der Waals surface area (Å²) in [7, 11) is 1.76. The van der Waals surface area contributed by atoms with E-state index in [1.165, 1.54) is 0 Å². The first-order chi connectivity index (χ1) is 6.66. The molecule has 76 valence electrons. The summed E-state index contributed by atoms with van der Waals surface area (Å²) in [5, 5.41) is 7.23. The van der Waals surface area contributed by atoms with Gasteiger partial charge in [0, 0.05) is 24.8 Å². The van der Waals surface area contributed by atoms with Crippen LogP contribution >= 0.6 is 23.4 Å². The van der Waals surface area contributed by atoms with E-state index in [9.17, 15) is 4.79 Å². The smallest absolute Gasteiger partial charge is 0.230 e. The number of hydrogen-bond acceptors (Lipinski definition) is 3. The number of nitrogens with one attached hydrogen (secondary N) is 1. The summed E-state index contributed by atoms with van der Waals surface area (Å²) in [6.07, 6.45) is 1.66. The molecule has 14 heavy (non-hydrogen) atoms. The van der Waals surface area contributed by atoms with Gasteiger partial charge in [0.2, 0.25) is 5.91 Å². The van der Waals surface area contributed by atoms with Crippen LogP contribution < -0.4 is 5.32 Å². The Bertz CT molecular complexity index is 361. The molecule has 6 heteroatoms. The van der Waals surface area contributed by atoms with E-state index in [2.05, 4.69) is 10.4 Å². The summed E-state index contributed by atoms with van der Waals surface area (Å²) in [5.41, 5.74) is 0. The first kappa shape index (κ1) is 9.86. The zero-order valence-corrected chi connectivity index (χ0v) is 9.23. The molecule has 0 aliphatic carbocycles. The topological polar surface area (TPSA) is 46.9 Å². The largest absolute Gasteiger partial charge is 0.308 e. The highest BCUT2D eigenvalue weighted by Gasteiger charge is 2.26. The fourth-order valence-corrected chi connectivity index (χ4v) is 2.15. The maximum Gasteiger partial charge on any atom is 0.230 e. The predicted molar refractivity (Wildman–Crippen MR) is 57.7 cm³/mol. The molecule has 1 aliphatic rings. The number of amides is 1. The number of halogens is 1. The van der Waals surface area contributed by atoms with E-state index in [1.807, 2.05) is 0 Å². The molecule has 2 heterocycles. The third kappa shape index (κ3) is 1.88. The van der Waals surface area contributed by atoms with E-state index in [0.717, 1.165) is 11.5 Å². The highest BCUT2D eigenvalue weighted by atomic mass is 35.5. The minimum absolute atomic E-state index is 0.0179. The first-order valence-corrected chi connectivity index (χ1v) is 5.78. The average Bonchev–Trinajstić information content (AvgIpc) is 2.26. The standard InChI is InChI=1S/C8H10ClN3OS/c1-12-2-6(9)7(11-12)10-8(13)5-3-14-4-5/h2,5H,3-4H2,1H3,(H,10,11,13). The van der Waals surface area contributed by atoms with Crippen LogP contribution in [-0.4, -0.2) is 27.2 Å². The molecule has 1 N–H and O–H groups in total. The van der Waals surface area contributed by atoms with Crippen molar-refractivity contribution in [2.75, 3.05) is 16.8 Å². The lowest BCUT2D eigenvalue weighted by Crippen LogP contribution is -2.32. The Morgan fingerprint density at radius 3 is 2.93 bits per heavy atom. The molecule has 0 unspecified atom stereocenters. The molecule has 1 fully saturated rings. The van der Waals surface area contributed by atoms with Gasteiger partial charge in [0.25, 0.3) is 0 Å². The van der Waals surface area contributed by atoms with Crippen molar-refractivity contribution >= 4 is 35.1 Å². The Kier molecular flexibility index (Phi) is 2.69. The Morgan fingerprint density at radius 1 is 1.79 bits per heavy atom. The van der Waals surface area contributed by atoms with E-state index < -0.39 is 0 Å². The van der Waals surface area contributed by atoms with Crippen LogP contribution in [-0.2, 0) is 11.8 Å². The van der Waals surface area contributed by atoms with E-state index in [-0.39, 0.29) is 11.8 Å². The lowest BCUT2D eigenvalue weighted by molar-refractivity contribution is -0.118. The van der Waals surface area contributed by atoms with Crippen LogP contribution in [0.25, 0.3) is 0 Å². The van der Waals surface area contributed by atoms with Gasteiger partial charge in [-0.3, -0.25) is 9.48 Å². The van der Waals surface area contributed by atoms with E-state index in [0.29, 0.717) is 10.8 Å². The number of thioether (sulfide) groups is 1. The van der Waals surface area contributed by atoms with Crippen LogP contribution in [0.5, 0.6) is 0 Å². The van der Waals surface area contributed by atoms with Gasteiger partial charge in [-0.2, -0.15) is 16.9 Å². The van der Waals surface area contributed by atoms with Crippen molar-refractivity contribution < 1.29 is 4.79 Å². The van der Waals surface area contributed by atoms with E-state index in [4.69, 9.17) is 11.6 Å². The third-order valence-corrected chi connectivity index (χ3v) is 3.59. The lowest BCUT2D eigenvalue weighted by atomic mass is 10.2. The fraction of sp³-hybridized carbons (Fsp3) is 0.500. The van der Waals surface area contributed by atoms with Crippen molar-refractivity contribution in [1.82, 2.24) is 9.78 Å². The third-order valence-electron chi connectivity index (χ3n) is 2.03. The molecule has 1 aliphatic heterocycles. The number of aryl methyl sites for hydroxylation is 1. The molecule has 0 spiro atoms. The van der Waals surface area contributed by atoms with Gasteiger partial charge in [-0.25, -0.2) is 0 Å². The Hall–Kier alpha value is -0.680. The van der Waals surface area contributed by atoms with E-state index in [1.54, 1.807) is 29.7 Å². The number of rotatable bonds is 2. The normalized spacial score (nSPS) is 16.4. The van der Waals surface area contributed by atoms with Crippen LogP contribution in [0.15, 0.2) is 6.20 Å². The predicted octanol–water partition coefficient (Wildman–Crippen LogP) is 1.37. The highest BCUT2D eigenvalue weighted by molar-refractivity contribution is 8.00. The molecule has 2 rings (SSSR count). The number of hydrogen-bond donors (Lipinski definition) is 1. The second-order valence-electron chi connectivity index (χ2n) is 3.22. The van der Waals surface area contributed by atoms with Crippen molar-refractivity contribution in [2.45, 2.75) is 0 Å². The lowest BCUT2D eigenvalue weighted by Gasteiger charge is -2.22. The zero-order valence-electron chi connectivity index (χ0n) is 7.66. The molecule has 0 saturated carbocycles. The Balaban J connectivity index is 2.02. The summed E-state index contributed by atoms with van der Waals surface area (Å²) in [6, 6.07) is 0. The SMILES string of the molecule is Cn1cc(Cl)c(NC(=O)C2CSC2)n1. The number of anilines is 1. The Morgan fingerprint density at radius 2 is 2.50 bits per heavy atom. The molecular formula is C8H10ClN3OS. The van der Waals surface area contributed by atoms with Crippen molar-refractivity contribution in [1.29, 1.82) is 0 Å². The van der Waals surface area contributed by atoms with Crippen LogP contribution in [0.1, 0.15) is 0 Å². The molecule has 4 nitrogen and oxygen atoms in total. The average molecular weight is 232 g/mol. The molecule has 1 saturated heterocycles. The second-order valence-corrected chi connectivity index (χ2v) is 4.71. The quantitative estimate of drug-likeness (QED) is 0.837. The molecule has 1 amide bonds. The summed E-state index contributed by atoms with van der Waals surface area (Å²) in [5.74, 6) is 2.39. The van der Waals surface area contributed by atoms with Gasteiger partial charge in [-0.05, 0) is 0 Å². The number of carbonyl (C=O) groups excluding carboxylic acids is 1. The van der Waals surface area contributed by atoms with Crippen LogP contribution in [0.2, 0.25) is 5.02 Å². The van der Waals surface area contributed by atoms with Gasteiger partial charge in [-0.1, -0.05) is 11.6 Å². The molecule has 0 aromatic carbocycles. The van der Waals surface area contributed by atoms with Gasteiger partial charge in [0.1, 0.15) is 5.02 Å². The van der Waals surface area contributed by atoms with E-state index >= 15 is 0 Å². The number of carbonyl (C=O) groups is 1. The van der Waals surface area contributed by atoms with Crippen LogP contribution in [0.3, 0.4) is 0 Å². The molecule has 0 atom stereocenters. The maximum atomic E-state index is 11.5. The number of aromatic nitrogens is 2. The summed E-state index contributed by atoms with van der Waals surface area (Å²) in [4.78, 5) is 11.5. The first-order valence-electron chi connectivity index (χ1n) is 4.24. The molecule has 0 radical (unpaired) electrons. The van der Waals surface area contributed by atoms with Gasteiger partial charge in [0.15, 0.2) is 5.82 Å². The van der Waals surface area contributed by atoms with Gasteiger partial charge < -0.3 is 5.32 Å². The maximum absolute atomic E-state index is 11.5. The molecule has 1 aromatic heterocycles. The fourth-order valence-electron chi connectivity index (χ4n) is 1.15. The molecule has 0 bridgehead atoms. The van der Waals surface area contributed by atoms with Crippen LogP contribution in [0.4, 0.5) is 5.82 Å². The van der Waals surface area contributed by atoms with Gasteiger partial charge >= 0.3 is 0 Å². The van der Waals surface area contributed by atoms with Crippen molar-refractivity contribution in [3.8, 4) is 0 Å². The zero-order chi connectivity index (χ0) is 10.1. The monoisotopic (exact) mass is 231 g/mol.